The summed E-state index contributed by atoms with van der Waals surface area (Å²) in [5, 5.41) is 17.9. The van der Waals surface area contributed by atoms with Crippen LogP contribution >= 0.6 is 0 Å². The SMILES string of the molecule is CC1(C)c2ccccc2-c2ccc(-c3ccc(-c4ccc5c6ccc(-c7ccc(-c8ccc9c(c8)C(C)(C)c8ccccc8-9)c8ccccc78)cc6c6c7ccccc7c7ccccc7c6c5c4)c4ccccc34)cc21. The third kappa shape index (κ3) is 5.96. The Hall–Kier alpha value is -9.10. The molecule has 0 fully saturated rings. The average molecular weight is 965 g/mol. The van der Waals surface area contributed by atoms with Crippen molar-refractivity contribution in [2.45, 2.75) is 38.5 Å². The third-order valence-electron chi connectivity index (χ3n) is 18.1. The van der Waals surface area contributed by atoms with E-state index in [4.69, 9.17) is 0 Å². The minimum absolute atomic E-state index is 0.0670. The molecule has 0 spiro atoms. The maximum Gasteiger partial charge on any atom is 0.0159 e. The van der Waals surface area contributed by atoms with Gasteiger partial charge in [-0.2, -0.15) is 0 Å². The Kier molecular flexibility index (Phi) is 8.96. The molecule has 0 N–H and O–H groups in total. The summed E-state index contributed by atoms with van der Waals surface area (Å²) < 4.78 is 0. The topological polar surface area (TPSA) is 0 Å². The second kappa shape index (κ2) is 15.7. The molecular formula is C76H52. The van der Waals surface area contributed by atoms with Crippen molar-refractivity contribution < 1.29 is 0 Å². The molecule has 2 aliphatic carbocycles. The Balaban J connectivity index is 0.883. The van der Waals surface area contributed by atoms with E-state index in [0.717, 1.165) is 0 Å². The van der Waals surface area contributed by atoms with Gasteiger partial charge < -0.3 is 0 Å². The number of fused-ring (bicyclic) bond motifs is 19. The highest BCUT2D eigenvalue weighted by Crippen LogP contribution is 2.53. The number of hydrogen-bond acceptors (Lipinski definition) is 0. The van der Waals surface area contributed by atoms with Crippen LogP contribution in [0, 0.1) is 0 Å². The van der Waals surface area contributed by atoms with Crippen LogP contribution in [0.3, 0.4) is 0 Å². The van der Waals surface area contributed by atoms with Gasteiger partial charge in [0.05, 0.1) is 0 Å². The molecule has 14 aromatic carbocycles. The van der Waals surface area contributed by atoms with E-state index in [2.05, 4.69) is 270 Å². The molecule has 2 aliphatic rings. The second-order valence-electron chi connectivity index (χ2n) is 22.6. The highest BCUT2D eigenvalue weighted by Gasteiger charge is 2.37. The first kappa shape index (κ1) is 43.3. The molecule has 0 aromatic heterocycles. The summed E-state index contributed by atoms with van der Waals surface area (Å²) in [7, 11) is 0. The van der Waals surface area contributed by atoms with Crippen molar-refractivity contribution in [3.63, 3.8) is 0 Å². The summed E-state index contributed by atoms with van der Waals surface area (Å²) in [4.78, 5) is 0. The molecule has 356 valence electrons. The van der Waals surface area contributed by atoms with Crippen molar-refractivity contribution in [3.05, 3.63) is 265 Å². The third-order valence-corrected chi connectivity index (χ3v) is 18.1. The number of hydrogen-bond donors (Lipinski definition) is 0. The zero-order valence-corrected chi connectivity index (χ0v) is 43.1. The Morgan fingerprint density at radius 3 is 0.829 bits per heavy atom. The average Bonchev–Trinajstić information content (AvgIpc) is 3.98. The van der Waals surface area contributed by atoms with Crippen LogP contribution in [-0.4, -0.2) is 0 Å². The predicted molar refractivity (Wildman–Crippen MR) is 326 cm³/mol. The van der Waals surface area contributed by atoms with Gasteiger partial charge in [-0.3, -0.25) is 0 Å². The Morgan fingerprint density at radius 1 is 0.184 bits per heavy atom. The summed E-state index contributed by atoms with van der Waals surface area (Å²) in [6.07, 6.45) is 0. The van der Waals surface area contributed by atoms with Gasteiger partial charge in [0.25, 0.3) is 0 Å². The Labute approximate surface area is 443 Å². The molecular weight excluding hydrogens is 913 g/mol. The van der Waals surface area contributed by atoms with E-state index >= 15 is 0 Å². The van der Waals surface area contributed by atoms with Crippen LogP contribution in [0.15, 0.2) is 243 Å². The molecule has 0 radical (unpaired) electrons. The first-order valence-corrected chi connectivity index (χ1v) is 27.0. The maximum absolute atomic E-state index is 2.49. The maximum atomic E-state index is 2.49. The fourth-order valence-electron chi connectivity index (χ4n) is 14.4. The molecule has 14 aromatic rings. The van der Waals surface area contributed by atoms with Crippen molar-refractivity contribution in [3.8, 4) is 66.8 Å². The van der Waals surface area contributed by atoms with E-state index in [1.807, 2.05) is 0 Å². The van der Waals surface area contributed by atoms with Gasteiger partial charge in [-0.25, -0.2) is 0 Å². The molecule has 16 rings (SSSR count). The van der Waals surface area contributed by atoms with Gasteiger partial charge in [0.1, 0.15) is 0 Å². The van der Waals surface area contributed by atoms with Gasteiger partial charge in [0.15, 0.2) is 0 Å². The second-order valence-corrected chi connectivity index (χ2v) is 22.6. The smallest absolute Gasteiger partial charge is 0.0159 e. The monoisotopic (exact) mass is 964 g/mol. The van der Waals surface area contributed by atoms with E-state index in [0.29, 0.717) is 0 Å². The van der Waals surface area contributed by atoms with E-state index < -0.39 is 0 Å². The Bertz CT molecular complexity index is 4560. The quantitative estimate of drug-likeness (QED) is 0.154. The minimum atomic E-state index is -0.0670. The molecule has 0 unspecified atom stereocenters. The Morgan fingerprint density at radius 2 is 0.447 bits per heavy atom. The predicted octanol–water partition coefficient (Wildman–Crippen LogP) is 21.0. The lowest BCUT2D eigenvalue weighted by Gasteiger charge is -2.22. The lowest BCUT2D eigenvalue weighted by Crippen LogP contribution is -2.14. The van der Waals surface area contributed by atoms with E-state index in [1.54, 1.807) is 0 Å². The molecule has 0 saturated carbocycles. The van der Waals surface area contributed by atoms with Crippen LogP contribution in [0.1, 0.15) is 49.9 Å². The molecule has 0 heterocycles. The molecule has 0 atom stereocenters. The zero-order valence-electron chi connectivity index (χ0n) is 43.1. The molecule has 76 heavy (non-hydrogen) atoms. The van der Waals surface area contributed by atoms with Crippen LogP contribution in [0.5, 0.6) is 0 Å². The van der Waals surface area contributed by atoms with Crippen molar-refractivity contribution in [2.24, 2.45) is 0 Å². The van der Waals surface area contributed by atoms with Gasteiger partial charge in [-0.15, -0.1) is 0 Å². The molecule has 0 bridgehead atoms. The summed E-state index contributed by atoms with van der Waals surface area (Å²) in [6, 6.07) is 92.3. The summed E-state index contributed by atoms with van der Waals surface area (Å²) >= 11 is 0. The van der Waals surface area contributed by atoms with Crippen molar-refractivity contribution in [1.82, 2.24) is 0 Å². The van der Waals surface area contributed by atoms with Gasteiger partial charge in [0.2, 0.25) is 0 Å². The molecule has 0 aliphatic heterocycles. The molecule has 0 nitrogen and oxygen atoms in total. The van der Waals surface area contributed by atoms with Crippen LogP contribution < -0.4 is 0 Å². The summed E-state index contributed by atoms with van der Waals surface area (Å²) in [5.41, 5.74) is 20.9. The normalized spacial score (nSPS) is 14.0. The van der Waals surface area contributed by atoms with E-state index in [1.165, 1.54) is 164 Å². The minimum Gasteiger partial charge on any atom is -0.0619 e. The lowest BCUT2D eigenvalue weighted by atomic mass is 9.81. The van der Waals surface area contributed by atoms with Crippen LogP contribution in [-0.2, 0) is 10.8 Å². The molecule has 0 heteroatoms. The van der Waals surface area contributed by atoms with Crippen molar-refractivity contribution in [2.75, 3.05) is 0 Å². The van der Waals surface area contributed by atoms with Gasteiger partial charge in [0, 0.05) is 10.8 Å². The van der Waals surface area contributed by atoms with Gasteiger partial charge >= 0.3 is 0 Å². The first-order valence-electron chi connectivity index (χ1n) is 27.0. The van der Waals surface area contributed by atoms with E-state index in [-0.39, 0.29) is 10.8 Å². The van der Waals surface area contributed by atoms with Crippen LogP contribution in [0.4, 0.5) is 0 Å². The van der Waals surface area contributed by atoms with E-state index in [9.17, 15) is 0 Å². The van der Waals surface area contributed by atoms with Crippen molar-refractivity contribution >= 4 is 75.4 Å². The van der Waals surface area contributed by atoms with Crippen LogP contribution in [0.25, 0.3) is 142 Å². The first-order chi connectivity index (χ1) is 37.2. The van der Waals surface area contributed by atoms with Crippen molar-refractivity contribution in [1.29, 1.82) is 0 Å². The van der Waals surface area contributed by atoms with Gasteiger partial charge in [-0.1, -0.05) is 246 Å². The number of benzene rings is 14. The zero-order chi connectivity index (χ0) is 50.6. The fourth-order valence-corrected chi connectivity index (χ4v) is 14.4. The summed E-state index contributed by atoms with van der Waals surface area (Å²) in [6.45, 7) is 9.48. The highest BCUT2D eigenvalue weighted by atomic mass is 14.4. The standard InChI is InChI=1S/C76H52/c1-75(2)69-27-15-13-23-61(69)63-35-31-47(43-71(63)75)51-39-37-49(53-17-5-7-19-55(51)53)45-29-33-59-60-34-30-46(42-68(60)74-66-26-12-10-22-58(66)57-21-9-11-25-65(57)73(74)67(59)41-45)50-38-40-52(56-20-8-6-18-54(50)56)48-32-36-64-62-24-14-16-28-70(62)76(3,4)72(64)44-48/h5-44H,1-4H3. The van der Waals surface area contributed by atoms with Crippen LogP contribution in [0.2, 0.25) is 0 Å². The molecule has 0 amide bonds. The highest BCUT2D eigenvalue weighted by molar-refractivity contribution is 6.40. The largest absolute Gasteiger partial charge is 0.0619 e. The van der Waals surface area contributed by atoms with Gasteiger partial charge in [-0.05, 0) is 189 Å². The number of rotatable bonds is 4. The summed E-state index contributed by atoms with van der Waals surface area (Å²) in [5.74, 6) is 0. The fraction of sp³-hybridized carbons (Fsp3) is 0.0789. The molecule has 0 saturated heterocycles. The lowest BCUT2D eigenvalue weighted by molar-refractivity contribution is 0.660.